The lowest BCUT2D eigenvalue weighted by atomic mass is 9.71. The molecule has 2 aliphatic rings. The number of likely N-dealkylation sites (tertiary alicyclic amines) is 1. The van der Waals surface area contributed by atoms with Gasteiger partial charge in [0.15, 0.2) is 0 Å². The molecule has 0 saturated carbocycles. The second-order valence-corrected chi connectivity index (χ2v) is 8.68. The van der Waals surface area contributed by atoms with Crippen LogP contribution in [0.2, 0.25) is 0 Å². The Morgan fingerprint density at radius 3 is 2.39 bits per heavy atom. The van der Waals surface area contributed by atoms with E-state index in [-0.39, 0.29) is 23.0 Å². The molecule has 1 amide bonds. The summed E-state index contributed by atoms with van der Waals surface area (Å²) in [4.78, 5) is 14.5. The lowest BCUT2D eigenvalue weighted by Gasteiger charge is -2.41. The van der Waals surface area contributed by atoms with Gasteiger partial charge in [-0.05, 0) is 19.8 Å². The van der Waals surface area contributed by atoms with Gasteiger partial charge in [-0.1, -0.05) is 0 Å². The van der Waals surface area contributed by atoms with E-state index < -0.39 is 10.0 Å². The predicted octanol–water partition coefficient (Wildman–Crippen LogP) is 0.170. The maximum atomic E-state index is 12.7. The molecule has 7 nitrogen and oxygen atoms in total. The average Bonchev–Trinajstić information content (AvgIpc) is 2.79. The Morgan fingerprint density at radius 2 is 1.87 bits per heavy atom. The Kier molecular flexibility index (Phi) is 6.05. The van der Waals surface area contributed by atoms with Gasteiger partial charge in [0.25, 0.3) is 0 Å². The molecule has 0 aliphatic carbocycles. The van der Waals surface area contributed by atoms with E-state index in [1.165, 1.54) is 0 Å². The molecular weight excluding hydrogens is 320 g/mol. The Hall–Kier alpha value is -0.700. The van der Waals surface area contributed by atoms with Gasteiger partial charge in [0.2, 0.25) is 15.9 Å². The standard InChI is InChI=1S/C15H28N2O5S/c1-4-23(19,20)17-7-5-15(6-8-17)12-16(9-10-21-2)14(18)13(15)11-22-3/h13H,4-12H2,1-3H3/t13-/m1/s1. The van der Waals surface area contributed by atoms with Crippen LogP contribution in [0.4, 0.5) is 0 Å². The minimum absolute atomic E-state index is 0.107. The summed E-state index contributed by atoms with van der Waals surface area (Å²) in [5.41, 5.74) is -0.180. The fourth-order valence-electron chi connectivity index (χ4n) is 3.75. The van der Waals surface area contributed by atoms with Gasteiger partial charge in [-0.25, -0.2) is 12.7 Å². The number of nitrogens with zero attached hydrogens (tertiary/aromatic N) is 2. The van der Waals surface area contributed by atoms with Gasteiger partial charge in [-0.3, -0.25) is 4.79 Å². The van der Waals surface area contributed by atoms with Crippen LogP contribution in [0.25, 0.3) is 0 Å². The Bertz CT molecular complexity index is 514. The van der Waals surface area contributed by atoms with Crippen molar-refractivity contribution in [1.29, 1.82) is 0 Å². The maximum absolute atomic E-state index is 12.7. The van der Waals surface area contributed by atoms with Crippen molar-refractivity contribution in [3.8, 4) is 0 Å². The molecule has 2 aliphatic heterocycles. The molecule has 0 aromatic carbocycles. The van der Waals surface area contributed by atoms with Crippen LogP contribution < -0.4 is 0 Å². The highest BCUT2D eigenvalue weighted by Gasteiger charge is 2.53. The van der Waals surface area contributed by atoms with Crippen LogP contribution in [0.15, 0.2) is 0 Å². The van der Waals surface area contributed by atoms with Gasteiger partial charge in [-0.15, -0.1) is 0 Å². The molecule has 2 saturated heterocycles. The van der Waals surface area contributed by atoms with Crippen LogP contribution in [0.3, 0.4) is 0 Å². The van der Waals surface area contributed by atoms with E-state index in [4.69, 9.17) is 9.47 Å². The molecule has 134 valence electrons. The van der Waals surface area contributed by atoms with Gasteiger partial charge in [0, 0.05) is 45.8 Å². The second kappa shape index (κ2) is 7.46. The maximum Gasteiger partial charge on any atom is 0.228 e. The van der Waals surface area contributed by atoms with E-state index in [1.54, 1.807) is 25.4 Å². The lowest BCUT2D eigenvalue weighted by Crippen LogP contribution is -2.47. The Labute approximate surface area is 139 Å². The highest BCUT2D eigenvalue weighted by molar-refractivity contribution is 7.89. The summed E-state index contributed by atoms with van der Waals surface area (Å²) in [6.07, 6.45) is 1.41. The lowest BCUT2D eigenvalue weighted by molar-refractivity contribution is -0.134. The summed E-state index contributed by atoms with van der Waals surface area (Å²) in [7, 11) is 0.0738. The zero-order valence-corrected chi connectivity index (χ0v) is 15.1. The summed E-state index contributed by atoms with van der Waals surface area (Å²) in [5.74, 6) is 0.0481. The van der Waals surface area contributed by atoms with Crippen LogP contribution in [-0.2, 0) is 24.3 Å². The molecule has 2 heterocycles. The first-order valence-corrected chi connectivity index (χ1v) is 9.75. The summed E-state index contributed by atoms with van der Waals surface area (Å²) < 4.78 is 36.0. The molecule has 0 N–H and O–H groups in total. The number of methoxy groups -OCH3 is 2. The monoisotopic (exact) mass is 348 g/mol. The van der Waals surface area contributed by atoms with E-state index in [9.17, 15) is 13.2 Å². The SMILES string of the molecule is CCS(=O)(=O)N1CCC2(CC1)CN(CCOC)C(=O)[C@H]2COC. The predicted molar refractivity (Wildman–Crippen MR) is 86.5 cm³/mol. The van der Waals surface area contributed by atoms with Crippen molar-refractivity contribution in [2.75, 3.05) is 59.4 Å². The van der Waals surface area contributed by atoms with E-state index in [0.29, 0.717) is 52.2 Å². The minimum Gasteiger partial charge on any atom is -0.384 e. The van der Waals surface area contributed by atoms with E-state index in [1.807, 2.05) is 4.90 Å². The van der Waals surface area contributed by atoms with Crippen LogP contribution in [0.5, 0.6) is 0 Å². The second-order valence-electron chi connectivity index (χ2n) is 6.42. The normalized spacial score (nSPS) is 25.4. The molecule has 2 rings (SSSR count). The van der Waals surface area contributed by atoms with Crippen LogP contribution in [-0.4, -0.2) is 82.9 Å². The molecule has 0 aromatic rings. The van der Waals surface area contributed by atoms with Crippen molar-refractivity contribution in [3.05, 3.63) is 0 Å². The minimum atomic E-state index is -3.15. The van der Waals surface area contributed by atoms with Crippen molar-refractivity contribution in [1.82, 2.24) is 9.21 Å². The van der Waals surface area contributed by atoms with Crippen molar-refractivity contribution < 1.29 is 22.7 Å². The summed E-state index contributed by atoms with van der Waals surface area (Å²) >= 11 is 0. The molecule has 0 bridgehead atoms. The first-order valence-electron chi connectivity index (χ1n) is 8.14. The van der Waals surface area contributed by atoms with Gasteiger partial charge < -0.3 is 14.4 Å². The van der Waals surface area contributed by atoms with Crippen molar-refractivity contribution in [2.45, 2.75) is 19.8 Å². The molecule has 1 spiro atoms. The number of piperidine rings is 1. The highest BCUT2D eigenvalue weighted by atomic mass is 32.2. The third-order valence-electron chi connectivity index (χ3n) is 5.23. The number of rotatable bonds is 7. The quantitative estimate of drug-likeness (QED) is 0.655. The van der Waals surface area contributed by atoms with Crippen molar-refractivity contribution >= 4 is 15.9 Å². The van der Waals surface area contributed by atoms with Gasteiger partial charge >= 0.3 is 0 Å². The number of hydrogen-bond donors (Lipinski definition) is 0. The summed E-state index contributed by atoms with van der Waals surface area (Å²) in [6, 6.07) is 0. The third kappa shape index (κ3) is 3.70. The molecule has 0 unspecified atom stereocenters. The molecule has 23 heavy (non-hydrogen) atoms. The number of ether oxygens (including phenoxy) is 2. The highest BCUT2D eigenvalue weighted by Crippen LogP contribution is 2.45. The zero-order chi connectivity index (χ0) is 17.1. The smallest absolute Gasteiger partial charge is 0.228 e. The number of sulfonamides is 1. The first-order chi connectivity index (χ1) is 10.9. The van der Waals surface area contributed by atoms with Crippen LogP contribution in [0, 0.1) is 11.3 Å². The van der Waals surface area contributed by atoms with Gasteiger partial charge in [0.05, 0.1) is 24.9 Å². The van der Waals surface area contributed by atoms with Gasteiger partial charge in [-0.2, -0.15) is 0 Å². The Balaban J connectivity index is 2.12. The number of hydrogen-bond acceptors (Lipinski definition) is 5. The zero-order valence-electron chi connectivity index (χ0n) is 14.3. The molecule has 2 fully saturated rings. The molecular formula is C15H28N2O5S. The van der Waals surface area contributed by atoms with E-state index in [2.05, 4.69) is 0 Å². The fourth-order valence-corrected chi connectivity index (χ4v) is 4.86. The van der Waals surface area contributed by atoms with E-state index in [0.717, 1.165) is 0 Å². The Morgan fingerprint density at radius 1 is 1.22 bits per heavy atom. The number of amides is 1. The molecule has 1 atom stereocenters. The average molecular weight is 348 g/mol. The summed E-state index contributed by atoms with van der Waals surface area (Å²) in [5, 5.41) is 0. The largest absolute Gasteiger partial charge is 0.384 e. The summed E-state index contributed by atoms with van der Waals surface area (Å²) in [6.45, 7) is 4.79. The first kappa shape index (κ1) is 18.6. The van der Waals surface area contributed by atoms with Crippen molar-refractivity contribution in [3.63, 3.8) is 0 Å². The van der Waals surface area contributed by atoms with E-state index >= 15 is 0 Å². The number of carbonyl (C=O) groups excluding carboxylic acids is 1. The van der Waals surface area contributed by atoms with Gasteiger partial charge in [0.1, 0.15) is 0 Å². The number of carbonyl (C=O) groups is 1. The van der Waals surface area contributed by atoms with Crippen LogP contribution in [0.1, 0.15) is 19.8 Å². The third-order valence-corrected chi connectivity index (χ3v) is 7.11. The fraction of sp³-hybridized carbons (Fsp3) is 0.933. The topological polar surface area (TPSA) is 76.2 Å². The van der Waals surface area contributed by atoms with Crippen molar-refractivity contribution in [2.24, 2.45) is 11.3 Å². The molecule has 0 aromatic heterocycles. The van der Waals surface area contributed by atoms with Crippen LogP contribution >= 0.6 is 0 Å². The molecule has 0 radical (unpaired) electrons. The molecule has 8 heteroatoms.